The molecule has 0 aliphatic carbocycles. The summed E-state index contributed by atoms with van der Waals surface area (Å²) in [5, 5.41) is 2.97. The lowest BCUT2D eigenvalue weighted by Crippen LogP contribution is -2.36. The number of nitrogens with zero attached hydrogens (tertiary/aromatic N) is 2. The van der Waals surface area contributed by atoms with E-state index in [9.17, 15) is 4.79 Å². The van der Waals surface area contributed by atoms with Crippen LogP contribution in [0.25, 0.3) is 0 Å². The third-order valence-electron chi connectivity index (χ3n) is 4.45. The first-order chi connectivity index (χ1) is 13.0. The van der Waals surface area contributed by atoms with E-state index in [0.29, 0.717) is 12.3 Å². The van der Waals surface area contributed by atoms with E-state index in [-0.39, 0.29) is 5.91 Å². The van der Waals surface area contributed by atoms with Crippen molar-refractivity contribution in [1.82, 2.24) is 10.3 Å². The number of rotatable bonds is 6. The first-order valence-corrected chi connectivity index (χ1v) is 10.7. The summed E-state index contributed by atoms with van der Waals surface area (Å²) in [6, 6.07) is 8.24. The van der Waals surface area contributed by atoms with E-state index in [1.807, 2.05) is 18.3 Å². The van der Waals surface area contributed by atoms with Crippen LogP contribution in [0.3, 0.4) is 0 Å². The van der Waals surface area contributed by atoms with Gasteiger partial charge in [0, 0.05) is 35.2 Å². The SMILES string of the molecule is Cc1cc(SCC(=O)NCc2ccc(N3CCOCC3)nc2)c(C)cc1Br. The average molecular weight is 450 g/mol. The smallest absolute Gasteiger partial charge is 0.230 e. The molecule has 2 aromatic rings. The lowest BCUT2D eigenvalue weighted by Gasteiger charge is -2.27. The van der Waals surface area contributed by atoms with Gasteiger partial charge in [-0.15, -0.1) is 11.8 Å². The van der Waals surface area contributed by atoms with Crippen molar-refractivity contribution in [2.45, 2.75) is 25.3 Å². The van der Waals surface area contributed by atoms with Crippen LogP contribution in [0, 0.1) is 13.8 Å². The summed E-state index contributed by atoms with van der Waals surface area (Å²) in [7, 11) is 0. The molecule has 0 bridgehead atoms. The van der Waals surface area contributed by atoms with Gasteiger partial charge in [-0.25, -0.2) is 4.98 Å². The topological polar surface area (TPSA) is 54.5 Å². The van der Waals surface area contributed by atoms with E-state index in [0.717, 1.165) is 47.1 Å². The molecule has 1 N–H and O–H groups in total. The van der Waals surface area contributed by atoms with Crippen molar-refractivity contribution in [1.29, 1.82) is 0 Å². The molecule has 144 valence electrons. The van der Waals surface area contributed by atoms with Crippen LogP contribution in [-0.2, 0) is 16.1 Å². The molecule has 1 amide bonds. The van der Waals surface area contributed by atoms with Gasteiger partial charge in [0.15, 0.2) is 0 Å². The van der Waals surface area contributed by atoms with E-state index in [2.05, 4.69) is 57.1 Å². The Kier molecular flexibility index (Phi) is 7.15. The van der Waals surface area contributed by atoms with Crippen LogP contribution in [0.15, 0.2) is 39.8 Å². The maximum absolute atomic E-state index is 12.2. The van der Waals surface area contributed by atoms with Gasteiger partial charge < -0.3 is 15.0 Å². The minimum atomic E-state index is 0.0252. The number of carbonyl (C=O) groups is 1. The van der Waals surface area contributed by atoms with Gasteiger partial charge in [-0.3, -0.25) is 4.79 Å². The number of aromatic nitrogens is 1. The monoisotopic (exact) mass is 449 g/mol. The Morgan fingerprint density at radius 1 is 1.26 bits per heavy atom. The van der Waals surface area contributed by atoms with E-state index < -0.39 is 0 Å². The number of hydrogen-bond acceptors (Lipinski definition) is 5. The number of halogens is 1. The predicted octanol–water partition coefficient (Wildman–Crippen LogP) is 3.71. The Labute approximate surface area is 173 Å². The standard InChI is InChI=1S/C20H24BrN3O2S/c1-14-10-18(15(2)9-17(14)21)27-13-20(25)23-12-16-3-4-19(22-11-16)24-5-7-26-8-6-24/h3-4,9-11H,5-8,12-13H2,1-2H3,(H,23,25). The zero-order chi connectivity index (χ0) is 19.2. The van der Waals surface area contributed by atoms with Gasteiger partial charge in [-0.2, -0.15) is 0 Å². The van der Waals surface area contributed by atoms with Crippen molar-refractivity contribution in [3.05, 3.63) is 51.6 Å². The zero-order valence-corrected chi connectivity index (χ0v) is 18.0. The highest BCUT2D eigenvalue weighted by Gasteiger charge is 2.12. The molecule has 1 aromatic carbocycles. The molecular formula is C20H24BrN3O2S. The number of benzene rings is 1. The number of nitrogens with one attached hydrogen (secondary N) is 1. The van der Waals surface area contributed by atoms with Crippen LogP contribution in [0.2, 0.25) is 0 Å². The van der Waals surface area contributed by atoms with Gasteiger partial charge in [0.2, 0.25) is 5.91 Å². The molecule has 0 unspecified atom stereocenters. The highest BCUT2D eigenvalue weighted by molar-refractivity contribution is 9.10. The number of morpholine rings is 1. The van der Waals surface area contributed by atoms with Crippen LogP contribution in [0.1, 0.15) is 16.7 Å². The van der Waals surface area contributed by atoms with Crippen molar-refractivity contribution < 1.29 is 9.53 Å². The number of amides is 1. The van der Waals surface area contributed by atoms with Gasteiger partial charge in [-0.05, 0) is 48.7 Å². The highest BCUT2D eigenvalue weighted by Crippen LogP contribution is 2.28. The minimum Gasteiger partial charge on any atom is -0.378 e. The van der Waals surface area contributed by atoms with Crippen molar-refractivity contribution in [2.75, 3.05) is 37.0 Å². The van der Waals surface area contributed by atoms with E-state index in [4.69, 9.17) is 4.74 Å². The molecule has 3 rings (SSSR count). The normalized spacial score (nSPS) is 14.3. The Morgan fingerprint density at radius 2 is 2.04 bits per heavy atom. The summed E-state index contributed by atoms with van der Waals surface area (Å²) in [4.78, 5) is 20.1. The van der Waals surface area contributed by atoms with Crippen LogP contribution in [0.4, 0.5) is 5.82 Å². The summed E-state index contributed by atoms with van der Waals surface area (Å²) < 4.78 is 6.46. The second kappa shape index (κ2) is 9.57. The van der Waals surface area contributed by atoms with Crippen LogP contribution in [0.5, 0.6) is 0 Å². The molecule has 7 heteroatoms. The number of carbonyl (C=O) groups excluding carboxylic acids is 1. The van der Waals surface area contributed by atoms with E-state index in [1.165, 1.54) is 11.1 Å². The largest absolute Gasteiger partial charge is 0.378 e. The zero-order valence-electron chi connectivity index (χ0n) is 15.6. The molecule has 0 atom stereocenters. The molecule has 1 aliphatic heterocycles. The second-order valence-corrected chi connectivity index (χ2v) is 8.43. The van der Waals surface area contributed by atoms with Gasteiger partial charge in [-0.1, -0.05) is 22.0 Å². The quantitative estimate of drug-likeness (QED) is 0.681. The Bertz CT molecular complexity index is 793. The number of anilines is 1. The van der Waals surface area contributed by atoms with Crippen LogP contribution >= 0.6 is 27.7 Å². The summed E-state index contributed by atoms with van der Waals surface area (Å²) in [6.07, 6.45) is 1.83. The fourth-order valence-corrected chi connectivity index (χ4v) is 4.20. The number of pyridine rings is 1. The third kappa shape index (κ3) is 5.70. The maximum atomic E-state index is 12.2. The molecule has 2 heterocycles. The Balaban J connectivity index is 1.47. The molecule has 1 fully saturated rings. The number of aryl methyl sites for hydroxylation is 2. The van der Waals surface area contributed by atoms with Crippen LogP contribution in [-0.4, -0.2) is 42.9 Å². The molecule has 1 aromatic heterocycles. The van der Waals surface area contributed by atoms with Crippen LogP contribution < -0.4 is 10.2 Å². The van der Waals surface area contributed by atoms with Gasteiger partial charge in [0.25, 0.3) is 0 Å². The van der Waals surface area contributed by atoms with E-state index in [1.54, 1.807) is 11.8 Å². The molecule has 1 saturated heterocycles. The van der Waals surface area contributed by atoms with Gasteiger partial charge in [0.05, 0.1) is 19.0 Å². The van der Waals surface area contributed by atoms with Gasteiger partial charge >= 0.3 is 0 Å². The molecule has 1 aliphatic rings. The average Bonchev–Trinajstić information content (AvgIpc) is 2.69. The molecule has 0 radical (unpaired) electrons. The summed E-state index contributed by atoms with van der Waals surface area (Å²) >= 11 is 5.11. The molecular weight excluding hydrogens is 426 g/mol. The maximum Gasteiger partial charge on any atom is 0.230 e. The third-order valence-corrected chi connectivity index (χ3v) is 6.46. The molecule has 0 spiro atoms. The van der Waals surface area contributed by atoms with Crippen molar-refractivity contribution >= 4 is 39.4 Å². The van der Waals surface area contributed by atoms with Crippen molar-refractivity contribution in [2.24, 2.45) is 0 Å². The molecule has 0 saturated carbocycles. The lowest BCUT2D eigenvalue weighted by atomic mass is 10.2. The fourth-order valence-electron chi connectivity index (χ4n) is 2.81. The number of ether oxygens (including phenoxy) is 1. The lowest BCUT2D eigenvalue weighted by molar-refractivity contribution is -0.118. The molecule has 27 heavy (non-hydrogen) atoms. The predicted molar refractivity (Wildman–Crippen MR) is 113 cm³/mol. The first-order valence-electron chi connectivity index (χ1n) is 8.97. The molecule has 5 nitrogen and oxygen atoms in total. The fraction of sp³-hybridized carbons (Fsp3) is 0.400. The summed E-state index contributed by atoms with van der Waals surface area (Å²) in [5.74, 6) is 1.39. The summed E-state index contributed by atoms with van der Waals surface area (Å²) in [5.41, 5.74) is 3.35. The number of thioether (sulfide) groups is 1. The Morgan fingerprint density at radius 3 is 2.74 bits per heavy atom. The minimum absolute atomic E-state index is 0.0252. The van der Waals surface area contributed by atoms with Crippen molar-refractivity contribution in [3.8, 4) is 0 Å². The van der Waals surface area contributed by atoms with Gasteiger partial charge in [0.1, 0.15) is 5.82 Å². The Hall–Kier alpha value is -1.57. The second-order valence-electron chi connectivity index (χ2n) is 6.56. The first kappa shape index (κ1) is 20.2. The summed E-state index contributed by atoms with van der Waals surface area (Å²) in [6.45, 7) is 7.84. The number of hydrogen-bond donors (Lipinski definition) is 1. The van der Waals surface area contributed by atoms with E-state index >= 15 is 0 Å². The highest BCUT2D eigenvalue weighted by atomic mass is 79.9. The van der Waals surface area contributed by atoms with Crippen molar-refractivity contribution in [3.63, 3.8) is 0 Å².